The quantitative estimate of drug-likeness (QED) is 0.864. The summed E-state index contributed by atoms with van der Waals surface area (Å²) in [5.74, 6) is 2.35. The van der Waals surface area contributed by atoms with Crippen LogP contribution in [0.5, 0.6) is 5.75 Å². The van der Waals surface area contributed by atoms with E-state index in [4.69, 9.17) is 4.74 Å². The highest BCUT2D eigenvalue weighted by Crippen LogP contribution is 2.29. The van der Waals surface area contributed by atoms with Crippen LogP contribution in [0.3, 0.4) is 0 Å². The van der Waals surface area contributed by atoms with E-state index in [0.717, 1.165) is 36.9 Å². The summed E-state index contributed by atoms with van der Waals surface area (Å²) in [7, 11) is 0. The molecule has 3 heteroatoms. The third-order valence-corrected chi connectivity index (χ3v) is 3.58. The monoisotopic (exact) mass is 244 g/mol. The Balaban J connectivity index is 1.58. The fourth-order valence-corrected chi connectivity index (χ4v) is 2.19. The number of ether oxygens (including phenoxy) is 1. The molecule has 18 heavy (non-hydrogen) atoms. The predicted molar refractivity (Wildman–Crippen MR) is 72.5 cm³/mol. The Kier molecular flexibility index (Phi) is 3.60. The molecule has 2 fully saturated rings. The molecule has 0 amide bonds. The zero-order valence-corrected chi connectivity index (χ0v) is 10.6. The van der Waals surface area contributed by atoms with Crippen LogP contribution in [0.4, 0.5) is 0 Å². The van der Waals surface area contributed by atoms with E-state index in [-0.39, 0.29) is 0 Å². The Labute approximate surface area is 108 Å². The molecule has 1 N–H and O–H groups in total. The summed E-state index contributed by atoms with van der Waals surface area (Å²) in [4.78, 5) is 4.24. The van der Waals surface area contributed by atoms with Gasteiger partial charge in [0.15, 0.2) is 0 Å². The van der Waals surface area contributed by atoms with Gasteiger partial charge in [-0.15, -0.1) is 0 Å². The average molecular weight is 244 g/mol. The predicted octanol–water partition coefficient (Wildman–Crippen LogP) is 2.49. The zero-order chi connectivity index (χ0) is 12.2. The summed E-state index contributed by atoms with van der Waals surface area (Å²) in [6.07, 6.45) is 12.0. The van der Waals surface area contributed by atoms with Crippen LogP contribution in [-0.2, 0) is 0 Å². The lowest BCUT2D eigenvalue weighted by atomic mass is 10.1. The Bertz CT molecular complexity index is 420. The van der Waals surface area contributed by atoms with Gasteiger partial charge in [-0.1, -0.05) is 12.2 Å². The van der Waals surface area contributed by atoms with E-state index >= 15 is 0 Å². The van der Waals surface area contributed by atoms with Crippen LogP contribution in [0.1, 0.15) is 24.8 Å². The molecule has 1 saturated carbocycles. The molecule has 3 rings (SSSR count). The smallest absolute Gasteiger partial charge is 0.138 e. The van der Waals surface area contributed by atoms with Gasteiger partial charge in [0.05, 0.1) is 12.8 Å². The van der Waals surface area contributed by atoms with Gasteiger partial charge in [-0.2, -0.15) is 0 Å². The maximum absolute atomic E-state index is 5.73. The highest BCUT2D eigenvalue weighted by molar-refractivity contribution is 5.50. The summed E-state index contributed by atoms with van der Waals surface area (Å²) >= 11 is 0. The van der Waals surface area contributed by atoms with Crippen LogP contribution in [-0.4, -0.2) is 24.7 Å². The fraction of sp³-hybridized carbons (Fsp3) is 0.533. The molecule has 96 valence electrons. The van der Waals surface area contributed by atoms with Gasteiger partial charge in [0.1, 0.15) is 5.75 Å². The average Bonchev–Trinajstić information content (AvgIpc) is 3.09. The van der Waals surface area contributed by atoms with Crippen LogP contribution >= 0.6 is 0 Å². The number of nitrogens with one attached hydrogen (secondary N) is 1. The van der Waals surface area contributed by atoms with Crippen LogP contribution in [0, 0.1) is 11.8 Å². The van der Waals surface area contributed by atoms with Gasteiger partial charge in [0.2, 0.25) is 0 Å². The topological polar surface area (TPSA) is 34.2 Å². The third-order valence-electron chi connectivity index (χ3n) is 3.58. The van der Waals surface area contributed by atoms with Gasteiger partial charge in [-0.25, -0.2) is 0 Å². The first kappa shape index (κ1) is 11.7. The molecule has 1 atom stereocenters. The van der Waals surface area contributed by atoms with Crippen molar-refractivity contribution in [2.75, 3.05) is 19.7 Å². The van der Waals surface area contributed by atoms with Crippen molar-refractivity contribution in [1.82, 2.24) is 10.3 Å². The first-order valence-corrected chi connectivity index (χ1v) is 6.87. The van der Waals surface area contributed by atoms with E-state index < -0.39 is 0 Å². The molecular formula is C15H20N2O. The van der Waals surface area contributed by atoms with E-state index in [9.17, 15) is 0 Å². The summed E-state index contributed by atoms with van der Waals surface area (Å²) in [5.41, 5.74) is 1.13. The largest absolute Gasteiger partial charge is 0.492 e. The van der Waals surface area contributed by atoms with Gasteiger partial charge in [0, 0.05) is 12.7 Å². The zero-order valence-electron chi connectivity index (χ0n) is 10.6. The van der Waals surface area contributed by atoms with Crippen molar-refractivity contribution in [2.45, 2.75) is 19.3 Å². The van der Waals surface area contributed by atoms with Gasteiger partial charge in [0.25, 0.3) is 0 Å². The number of aromatic nitrogens is 1. The van der Waals surface area contributed by atoms with Crippen LogP contribution < -0.4 is 10.1 Å². The number of hydrogen-bond donors (Lipinski definition) is 1. The maximum Gasteiger partial charge on any atom is 0.138 e. The van der Waals surface area contributed by atoms with Gasteiger partial charge < -0.3 is 10.1 Å². The molecular weight excluding hydrogens is 224 g/mol. The Hall–Kier alpha value is -1.35. The normalized spacial score (nSPS) is 23.7. The minimum atomic E-state index is 0.668. The molecule has 0 aromatic carbocycles. The summed E-state index contributed by atoms with van der Waals surface area (Å²) in [6.45, 7) is 3.08. The van der Waals surface area contributed by atoms with E-state index in [1.54, 1.807) is 6.20 Å². The number of pyridine rings is 1. The van der Waals surface area contributed by atoms with Crippen molar-refractivity contribution >= 4 is 6.08 Å². The van der Waals surface area contributed by atoms with Gasteiger partial charge >= 0.3 is 0 Å². The third kappa shape index (κ3) is 3.33. The van der Waals surface area contributed by atoms with Crippen molar-refractivity contribution in [3.63, 3.8) is 0 Å². The van der Waals surface area contributed by atoms with Crippen molar-refractivity contribution in [3.05, 3.63) is 30.1 Å². The first-order chi connectivity index (χ1) is 8.90. The van der Waals surface area contributed by atoms with E-state index in [0.29, 0.717) is 5.92 Å². The maximum atomic E-state index is 5.73. The minimum absolute atomic E-state index is 0.668. The molecule has 0 bridgehead atoms. The van der Waals surface area contributed by atoms with Gasteiger partial charge in [-0.3, -0.25) is 4.98 Å². The molecule has 2 heterocycles. The van der Waals surface area contributed by atoms with E-state index in [2.05, 4.69) is 28.5 Å². The second kappa shape index (κ2) is 5.53. The number of hydrogen-bond acceptors (Lipinski definition) is 3. The van der Waals surface area contributed by atoms with Crippen molar-refractivity contribution in [3.8, 4) is 5.75 Å². The van der Waals surface area contributed by atoms with Crippen molar-refractivity contribution in [1.29, 1.82) is 0 Å². The van der Waals surface area contributed by atoms with Crippen molar-refractivity contribution in [2.24, 2.45) is 11.8 Å². The number of rotatable bonds is 5. The van der Waals surface area contributed by atoms with E-state index in [1.807, 2.05) is 6.20 Å². The molecule has 0 spiro atoms. The lowest BCUT2D eigenvalue weighted by Crippen LogP contribution is -2.07. The fourth-order valence-electron chi connectivity index (χ4n) is 2.19. The lowest BCUT2D eigenvalue weighted by Gasteiger charge is -2.05. The molecule has 1 saturated heterocycles. The first-order valence-electron chi connectivity index (χ1n) is 6.87. The van der Waals surface area contributed by atoms with Gasteiger partial charge in [-0.05, 0) is 49.3 Å². The summed E-state index contributed by atoms with van der Waals surface area (Å²) in [6, 6.07) is 2.08. The molecule has 1 aromatic heterocycles. The van der Waals surface area contributed by atoms with Crippen LogP contribution in [0.15, 0.2) is 24.5 Å². The second-order valence-corrected chi connectivity index (χ2v) is 5.32. The lowest BCUT2D eigenvalue weighted by molar-refractivity contribution is 0.298. The molecule has 2 aliphatic rings. The standard InChI is InChI=1S/C15H20N2O/c1(12-5-6-16-8-12)4-14-7-15(10-17-9-14)18-11-13-2-3-13/h1,4,7,9-10,12-13,16H,2-3,5-6,8,11H2/b4-1+/t12-/m0/s1. The summed E-state index contributed by atoms with van der Waals surface area (Å²) in [5, 5.41) is 3.37. The molecule has 1 aliphatic carbocycles. The molecule has 0 unspecified atom stereocenters. The SMILES string of the molecule is C(=C\[C@H]1CCNC1)/c1cncc(OCC2CC2)c1. The Morgan fingerprint density at radius 2 is 2.28 bits per heavy atom. The molecule has 3 nitrogen and oxygen atoms in total. The van der Waals surface area contributed by atoms with Crippen molar-refractivity contribution < 1.29 is 4.74 Å². The Morgan fingerprint density at radius 3 is 3.06 bits per heavy atom. The minimum Gasteiger partial charge on any atom is -0.492 e. The van der Waals surface area contributed by atoms with E-state index in [1.165, 1.54) is 19.3 Å². The van der Waals surface area contributed by atoms with Crippen LogP contribution in [0.25, 0.3) is 6.08 Å². The highest BCUT2D eigenvalue weighted by atomic mass is 16.5. The number of nitrogens with zero attached hydrogens (tertiary/aromatic N) is 1. The Morgan fingerprint density at radius 1 is 1.33 bits per heavy atom. The second-order valence-electron chi connectivity index (χ2n) is 5.32. The highest BCUT2D eigenvalue weighted by Gasteiger charge is 2.21. The summed E-state index contributed by atoms with van der Waals surface area (Å²) < 4.78 is 5.73. The van der Waals surface area contributed by atoms with Crippen LogP contribution in [0.2, 0.25) is 0 Å². The molecule has 0 radical (unpaired) electrons. The molecule has 1 aromatic rings. The molecule has 1 aliphatic heterocycles.